The van der Waals surface area contributed by atoms with Crippen molar-refractivity contribution in [1.82, 2.24) is 5.32 Å². The van der Waals surface area contributed by atoms with E-state index in [2.05, 4.69) is 5.32 Å². The Labute approximate surface area is 164 Å². The molecule has 0 saturated carbocycles. The van der Waals surface area contributed by atoms with E-state index in [1.54, 1.807) is 20.8 Å². The Hall–Kier alpha value is -1.60. The van der Waals surface area contributed by atoms with Crippen LogP contribution in [-0.4, -0.2) is 45.7 Å². The molecule has 1 amide bonds. The molecule has 0 radical (unpaired) electrons. The average Bonchev–Trinajstić information content (AvgIpc) is 2.60. The highest BCUT2D eigenvalue weighted by Crippen LogP contribution is 2.23. The Morgan fingerprint density at radius 1 is 1.33 bits per heavy atom. The van der Waals surface area contributed by atoms with Crippen molar-refractivity contribution in [3.05, 3.63) is 29.8 Å². The Balaban J connectivity index is 1.76. The number of amides is 1. The van der Waals surface area contributed by atoms with Gasteiger partial charge in [0.15, 0.2) is 0 Å². The highest BCUT2D eigenvalue weighted by Gasteiger charge is 2.19. The molecule has 0 aliphatic carbocycles. The minimum atomic E-state index is -0.694. The number of aliphatic hydroxyl groups excluding tert-OH is 1. The third-order valence-corrected chi connectivity index (χ3v) is 5.70. The van der Waals surface area contributed by atoms with Crippen LogP contribution >= 0.6 is 0 Å². The monoisotopic (exact) mass is 397 g/mol. The molecule has 2 N–H and O–H groups in total. The zero-order chi connectivity index (χ0) is 19.9. The molecule has 27 heavy (non-hydrogen) atoms. The van der Waals surface area contributed by atoms with E-state index in [4.69, 9.17) is 9.47 Å². The number of hydrogen-bond acceptors (Lipinski definition) is 5. The van der Waals surface area contributed by atoms with Crippen LogP contribution in [0.15, 0.2) is 24.3 Å². The number of benzene rings is 1. The van der Waals surface area contributed by atoms with Gasteiger partial charge in [0.1, 0.15) is 11.4 Å². The first-order chi connectivity index (χ1) is 12.7. The molecule has 152 valence electrons. The summed E-state index contributed by atoms with van der Waals surface area (Å²) in [5.74, 6) is 2.68. The number of carbonyl (C=O) groups excluding carboxylic acids is 1. The number of nitrogens with one attached hydrogen (secondary N) is 1. The van der Waals surface area contributed by atoms with Crippen LogP contribution in [0.2, 0.25) is 0 Å². The van der Waals surface area contributed by atoms with E-state index in [9.17, 15) is 14.1 Å². The van der Waals surface area contributed by atoms with E-state index >= 15 is 0 Å². The van der Waals surface area contributed by atoms with E-state index in [1.807, 2.05) is 24.3 Å². The van der Waals surface area contributed by atoms with Crippen LogP contribution in [0.3, 0.4) is 0 Å². The first kappa shape index (κ1) is 21.7. The average molecular weight is 398 g/mol. The third-order valence-electron chi connectivity index (χ3n) is 4.32. The second kappa shape index (κ2) is 10.1. The molecular weight excluding hydrogens is 366 g/mol. The van der Waals surface area contributed by atoms with Crippen molar-refractivity contribution in [2.75, 3.05) is 24.7 Å². The van der Waals surface area contributed by atoms with Gasteiger partial charge in [-0.2, -0.15) is 0 Å². The third kappa shape index (κ3) is 8.30. The normalized spacial score (nSPS) is 21.3. The summed E-state index contributed by atoms with van der Waals surface area (Å²) in [4.78, 5) is 11.6. The number of aliphatic hydroxyl groups is 1. The summed E-state index contributed by atoms with van der Waals surface area (Å²) < 4.78 is 22.4. The van der Waals surface area contributed by atoms with Crippen LogP contribution in [0, 0.1) is 5.92 Å². The maximum atomic E-state index is 11.6. The molecular formula is C20H31NO5S. The van der Waals surface area contributed by atoms with Crippen molar-refractivity contribution >= 4 is 16.9 Å². The molecule has 6 nitrogen and oxygen atoms in total. The van der Waals surface area contributed by atoms with Crippen LogP contribution in [0.5, 0.6) is 5.75 Å². The van der Waals surface area contributed by atoms with Gasteiger partial charge in [-0.3, -0.25) is 4.21 Å². The number of ether oxygens (including phenoxy) is 2. The van der Waals surface area contributed by atoms with Crippen molar-refractivity contribution in [3.63, 3.8) is 0 Å². The van der Waals surface area contributed by atoms with Crippen molar-refractivity contribution in [1.29, 1.82) is 0 Å². The highest BCUT2D eigenvalue weighted by atomic mass is 32.2. The van der Waals surface area contributed by atoms with Gasteiger partial charge in [0.2, 0.25) is 0 Å². The van der Waals surface area contributed by atoms with Gasteiger partial charge >= 0.3 is 6.09 Å². The Kier molecular flexibility index (Phi) is 8.10. The highest BCUT2D eigenvalue weighted by molar-refractivity contribution is 7.85. The fourth-order valence-corrected chi connectivity index (χ4v) is 4.22. The minimum absolute atomic E-state index is 0.320. The maximum Gasteiger partial charge on any atom is 0.407 e. The van der Waals surface area contributed by atoms with E-state index in [1.165, 1.54) is 0 Å². The number of carbonyl (C=O) groups is 1. The number of alkyl carbamates (subject to hydrolysis) is 1. The number of rotatable bonds is 7. The van der Waals surface area contributed by atoms with Crippen LogP contribution in [0.4, 0.5) is 4.79 Å². The molecule has 0 aromatic heterocycles. The molecule has 2 rings (SSSR count). The van der Waals surface area contributed by atoms with E-state index in [0.717, 1.165) is 35.7 Å². The van der Waals surface area contributed by atoms with E-state index < -0.39 is 28.6 Å². The summed E-state index contributed by atoms with van der Waals surface area (Å²) in [5, 5.41) is 13.0. The fourth-order valence-electron chi connectivity index (χ4n) is 2.83. The summed E-state index contributed by atoms with van der Waals surface area (Å²) in [5.41, 5.74) is 0.213. The molecule has 1 aromatic rings. The lowest BCUT2D eigenvalue weighted by Crippen LogP contribution is -2.33. The molecule has 1 aliphatic heterocycles. The zero-order valence-electron chi connectivity index (χ0n) is 16.4. The molecule has 1 saturated heterocycles. The summed E-state index contributed by atoms with van der Waals surface area (Å²) in [6.45, 7) is 6.34. The Morgan fingerprint density at radius 2 is 2.04 bits per heavy atom. The summed E-state index contributed by atoms with van der Waals surface area (Å²) >= 11 is 0. The molecule has 1 fully saturated rings. The molecule has 1 aliphatic rings. The fraction of sp³-hybridized carbons (Fsp3) is 0.650. The summed E-state index contributed by atoms with van der Waals surface area (Å²) in [7, 11) is -0.659. The standard InChI is InChI=1S/C20H31NO5S/c1-20(2,3)26-19(23)21-10-7-18(22)16-5-4-6-17(13-16)25-14-15-8-11-27(24)12-9-15/h4-6,13,15,18,22H,7-12,14H2,1-3H3,(H,21,23)/t15?,18-,27?/m1/s1. The molecule has 1 atom stereocenters. The summed E-state index contributed by atoms with van der Waals surface area (Å²) in [6.07, 6.45) is 1.08. The van der Waals surface area contributed by atoms with Gasteiger partial charge in [0, 0.05) is 28.9 Å². The smallest absolute Gasteiger partial charge is 0.407 e. The van der Waals surface area contributed by atoms with Crippen molar-refractivity contribution in [3.8, 4) is 5.75 Å². The van der Waals surface area contributed by atoms with E-state index in [0.29, 0.717) is 25.5 Å². The maximum absolute atomic E-state index is 11.6. The molecule has 0 bridgehead atoms. The largest absolute Gasteiger partial charge is 0.493 e. The SMILES string of the molecule is CC(C)(C)OC(=O)NCC[C@@H](O)c1cccc(OCC2CCS(=O)CC2)c1. The van der Waals surface area contributed by atoms with Crippen LogP contribution in [0.1, 0.15) is 51.7 Å². The predicted molar refractivity (Wildman–Crippen MR) is 106 cm³/mol. The quantitative estimate of drug-likeness (QED) is 0.738. The van der Waals surface area contributed by atoms with Crippen molar-refractivity contribution in [2.24, 2.45) is 5.92 Å². The molecule has 1 heterocycles. The first-order valence-electron chi connectivity index (χ1n) is 9.45. The zero-order valence-corrected chi connectivity index (χ0v) is 17.2. The lowest BCUT2D eigenvalue weighted by molar-refractivity contribution is 0.0518. The van der Waals surface area contributed by atoms with Gasteiger partial charge in [-0.1, -0.05) is 12.1 Å². The van der Waals surface area contributed by atoms with Gasteiger partial charge in [0.05, 0.1) is 12.7 Å². The van der Waals surface area contributed by atoms with Crippen molar-refractivity contribution in [2.45, 2.75) is 51.7 Å². The van der Waals surface area contributed by atoms with Gasteiger partial charge in [-0.15, -0.1) is 0 Å². The van der Waals surface area contributed by atoms with Crippen LogP contribution in [-0.2, 0) is 15.5 Å². The first-order valence-corrected chi connectivity index (χ1v) is 10.9. The topological polar surface area (TPSA) is 84.9 Å². The minimum Gasteiger partial charge on any atom is -0.493 e. The lowest BCUT2D eigenvalue weighted by Gasteiger charge is -2.22. The molecule has 1 aromatic carbocycles. The van der Waals surface area contributed by atoms with Crippen LogP contribution in [0.25, 0.3) is 0 Å². The Morgan fingerprint density at radius 3 is 2.70 bits per heavy atom. The lowest BCUT2D eigenvalue weighted by atomic mass is 10.0. The van der Waals surface area contributed by atoms with Gasteiger partial charge in [0.25, 0.3) is 0 Å². The van der Waals surface area contributed by atoms with Gasteiger partial charge < -0.3 is 19.9 Å². The second-order valence-corrected chi connectivity index (χ2v) is 9.60. The van der Waals surface area contributed by atoms with Crippen LogP contribution < -0.4 is 10.1 Å². The number of hydrogen-bond donors (Lipinski definition) is 2. The molecule has 0 unspecified atom stereocenters. The molecule has 7 heteroatoms. The van der Waals surface area contributed by atoms with Gasteiger partial charge in [-0.25, -0.2) is 4.79 Å². The van der Waals surface area contributed by atoms with Crippen molar-refractivity contribution < 1.29 is 23.6 Å². The summed E-state index contributed by atoms with van der Waals surface area (Å²) in [6, 6.07) is 7.40. The predicted octanol–water partition coefficient (Wildman–Crippen LogP) is 3.17. The van der Waals surface area contributed by atoms with E-state index in [-0.39, 0.29) is 0 Å². The Bertz CT molecular complexity index is 634. The molecule has 0 spiro atoms. The second-order valence-electron chi connectivity index (χ2n) is 7.91. The van der Waals surface area contributed by atoms with Gasteiger partial charge in [-0.05, 0) is 63.6 Å².